The van der Waals surface area contributed by atoms with Gasteiger partial charge in [-0.25, -0.2) is 17.2 Å². The normalized spacial score (nSPS) is 21.1. The van der Waals surface area contributed by atoms with Crippen molar-refractivity contribution < 1.29 is 17.2 Å². The van der Waals surface area contributed by atoms with E-state index in [0.29, 0.717) is 18.3 Å². The zero-order chi connectivity index (χ0) is 14.8. The summed E-state index contributed by atoms with van der Waals surface area (Å²) < 4.78 is 52.7. The molecule has 0 radical (unpaired) electrons. The number of nitrogens with zero attached hydrogens (tertiary/aromatic N) is 1. The second-order valence-electron chi connectivity index (χ2n) is 4.82. The molecule has 2 rings (SSSR count). The maximum absolute atomic E-state index is 13.3. The van der Waals surface area contributed by atoms with E-state index in [9.17, 15) is 17.2 Å². The maximum Gasteiger partial charge on any atom is 0.243 e. The molecule has 0 spiro atoms. The zero-order valence-corrected chi connectivity index (χ0v) is 13.3. The Bertz CT molecular complexity index is 578. The van der Waals surface area contributed by atoms with Crippen molar-refractivity contribution in [2.24, 2.45) is 0 Å². The molecule has 1 saturated heterocycles. The number of sulfonamides is 1. The molecule has 1 aliphatic heterocycles. The average molecular weight is 368 g/mol. The summed E-state index contributed by atoms with van der Waals surface area (Å²) in [7, 11) is -3.77. The summed E-state index contributed by atoms with van der Waals surface area (Å²) in [5, 5.41) is 0.710. The third kappa shape index (κ3) is 3.20. The van der Waals surface area contributed by atoms with Gasteiger partial charge in [-0.2, -0.15) is 4.31 Å². The van der Waals surface area contributed by atoms with Crippen molar-refractivity contribution in [1.82, 2.24) is 4.31 Å². The van der Waals surface area contributed by atoms with E-state index >= 15 is 0 Å². The fourth-order valence-electron chi connectivity index (χ4n) is 2.48. The first kappa shape index (κ1) is 15.9. The number of hydrogen-bond acceptors (Lipinski definition) is 2. The molecule has 1 aliphatic rings. The van der Waals surface area contributed by atoms with Crippen LogP contribution in [0, 0.1) is 11.6 Å². The molecule has 7 heteroatoms. The summed E-state index contributed by atoms with van der Waals surface area (Å²) in [6.07, 6.45) is 3.29. The first-order valence-corrected chi connectivity index (χ1v) is 9.06. The lowest BCUT2D eigenvalue weighted by Crippen LogP contribution is -2.43. The van der Waals surface area contributed by atoms with Crippen molar-refractivity contribution in [3.63, 3.8) is 0 Å². The van der Waals surface area contributed by atoms with Crippen LogP contribution in [-0.2, 0) is 10.0 Å². The summed E-state index contributed by atoms with van der Waals surface area (Å²) in [4.78, 5) is -0.183. The number of alkyl halides is 1. The van der Waals surface area contributed by atoms with Gasteiger partial charge in [-0.1, -0.05) is 22.4 Å². The van der Waals surface area contributed by atoms with Gasteiger partial charge < -0.3 is 0 Å². The number of piperidine rings is 1. The molecule has 0 N–H and O–H groups in total. The summed E-state index contributed by atoms with van der Waals surface area (Å²) in [6.45, 7) is 0.430. The van der Waals surface area contributed by atoms with Gasteiger partial charge in [0.05, 0.1) is 4.90 Å². The lowest BCUT2D eigenvalue weighted by atomic mass is 10.0. The van der Waals surface area contributed by atoms with Crippen LogP contribution >= 0.6 is 15.9 Å². The molecule has 3 nitrogen and oxygen atoms in total. The van der Waals surface area contributed by atoms with Crippen molar-refractivity contribution in [1.29, 1.82) is 0 Å². The number of hydrogen-bond donors (Lipinski definition) is 0. The average Bonchev–Trinajstić information content (AvgIpc) is 2.42. The van der Waals surface area contributed by atoms with Gasteiger partial charge in [0.15, 0.2) is 11.6 Å². The molecule has 1 atom stereocenters. The molecule has 1 aromatic carbocycles. The van der Waals surface area contributed by atoms with Gasteiger partial charge in [0, 0.05) is 17.9 Å². The quantitative estimate of drug-likeness (QED) is 0.765. The van der Waals surface area contributed by atoms with Gasteiger partial charge in [-0.15, -0.1) is 0 Å². The molecule has 20 heavy (non-hydrogen) atoms. The molecule has 112 valence electrons. The molecule has 0 aliphatic carbocycles. The highest BCUT2D eigenvalue weighted by Crippen LogP contribution is 2.28. The van der Waals surface area contributed by atoms with E-state index in [1.807, 2.05) is 0 Å². The Morgan fingerprint density at radius 1 is 1.25 bits per heavy atom. The molecule has 0 bridgehead atoms. The summed E-state index contributed by atoms with van der Waals surface area (Å²) >= 11 is 3.33. The van der Waals surface area contributed by atoms with Crippen molar-refractivity contribution in [2.45, 2.75) is 36.6 Å². The summed E-state index contributed by atoms with van der Waals surface area (Å²) in [5.74, 6) is -2.18. The highest BCUT2D eigenvalue weighted by Gasteiger charge is 2.33. The van der Waals surface area contributed by atoms with E-state index in [1.54, 1.807) is 0 Å². The Labute approximate surface area is 126 Å². The first-order valence-electron chi connectivity index (χ1n) is 6.49. The van der Waals surface area contributed by atoms with Crippen LogP contribution in [-0.4, -0.2) is 30.6 Å². The molecular weight excluding hydrogens is 352 g/mol. The van der Waals surface area contributed by atoms with Crippen LogP contribution < -0.4 is 0 Å². The van der Waals surface area contributed by atoms with Gasteiger partial charge in [-0.3, -0.25) is 0 Å². The van der Waals surface area contributed by atoms with Gasteiger partial charge in [0.2, 0.25) is 10.0 Å². The molecule has 0 saturated carbocycles. The lowest BCUT2D eigenvalue weighted by molar-refractivity contribution is 0.248. The van der Waals surface area contributed by atoms with E-state index in [-0.39, 0.29) is 10.9 Å². The van der Waals surface area contributed by atoms with Crippen molar-refractivity contribution in [3.8, 4) is 0 Å². The summed E-state index contributed by atoms with van der Waals surface area (Å²) in [5.41, 5.74) is 0. The van der Waals surface area contributed by atoms with Crippen LogP contribution in [0.15, 0.2) is 23.1 Å². The van der Waals surface area contributed by atoms with E-state index in [2.05, 4.69) is 15.9 Å². The maximum atomic E-state index is 13.3. The molecular formula is C13H16BrF2NO2S. The van der Waals surface area contributed by atoms with Crippen molar-refractivity contribution in [2.75, 3.05) is 11.9 Å². The topological polar surface area (TPSA) is 37.4 Å². The van der Waals surface area contributed by atoms with E-state index in [4.69, 9.17) is 0 Å². The largest absolute Gasteiger partial charge is 0.243 e. The molecule has 1 aromatic rings. The van der Waals surface area contributed by atoms with Gasteiger partial charge in [0.1, 0.15) is 0 Å². The predicted octanol–water partition coefficient (Wildman–Crippen LogP) is 3.29. The zero-order valence-electron chi connectivity index (χ0n) is 10.9. The van der Waals surface area contributed by atoms with Crippen LogP contribution in [0.3, 0.4) is 0 Å². The summed E-state index contributed by atoms with van der Waals surface area (Å²) in [6, 6.07) is 2.64. The fraction of sp³-hybridized carbons (Fsp3) is 0.538. The SMILES string of the molecule is O=S(=O)(c1ccc(F)c(F)c1)N1CCCCC1CCBr. The molecule has 1 unspecified atom stereocenters. The minimum Gasteiger partial charge on any atom is -0.207 e. The third-order valence-electron chi connectivity index (χ3n) is 3.51. The van der Waals surface area contributed by atoms with E-state index in [1.165, 1.54) is 4.31 Å². The van der Waals surface area contributed by atoms with Gasteiger partial charge >= 0.3 is 0 Å². The van der Waals surface area contributed by atoms with Gasteiger partial charge in [0.25, 0.3) is 0 Å². The fourth-order valence-corrected chi connectivity index (χ4v) is 4.74. The van der Waals surface area contributed by atoms with Crippen molar-refractivity contribution >= 4 is 26.0 Å². The second kappa shape index (κ2) is 6.49. The molecule has 1 heterocycles. The van der Waals surface area contributed by atoms with Gasteiger partial charge in [-0.05, 0) is 37.5 Å². The highest BCUT2D eigenvalue weighted by atomic mass is 79.9. The number of benzene rings is 1. The van der Waals surface area contributed by atoms with Crippen LogP contribution in [0.2, 0.25) is 0 Å². The third-order valence-corrected chi connectivity index (χ3v) is 5.92. The first-order chi connectivity index (χ1) is 9.46. The van der Waals surface area contributed by atoms with Crippen LogP contribution in [0.1, 0.15) is 25.7 Å². The van der Waals surface area contributed by atoms with Crippen LogP contribution in [0.25, 0.3) is 0 Å². The standard InChI is InChI=1S/C13H16BrF2NO2S/c14-7-6-10-3-1-2-8-17(10)20(18,19)11-4-5-12(15)13(16)9-11/h4-5,9-10H,1-3,6-8H2. The Hall–Kier alpha value is -0.530. The van der Waals surface area contributed by atoms with Crippen LogP contribution in [0.4, 0.5) is 8.78 Å². The van der Waals surface area contributed by atoms with Crippen molar-refractivity contribution in [3.05, 3.63) is 29.8 Å². The molecule has 0 amide bonds. The second-order valence-corrected chi connectivity index (χ2v) is 7.50. The number of halogens is 3. The van der Waals surface area contributed by atoms with E-state index in [0.717, 1.165) is 37.5 Å². The van der Waals surface area contributed by atoms with Crippen LogP contribution in [0.5, 0.6) is 0 Å². The minimum atomic E-state index is -3.77. The monoisotopic (exact) mass is 367 g/mol. The lowest BCUT2D eigenvalue weighted by Gasteiger charge is -2.34. The minimum absolute atomic E-state index is 0.0822. The number of rotatable bonds is 4. The Morgan fingerprint density at radius 3 is 2.65 bits per heavy atom. The highest BCUT2D eigenvalue weighted by molar-refractivity contribution is 9.09. The smallest absolute Gasteiger partial charge is 0.207 e. The Balaban J connectivity index is 2.34. The Morgan fingerprint density at radius 2 is 2.00 bits per heavy atom. The predicted molar refractivity (Wildman–Crippen MR) is 76.3 cm³/mol. The van der Waals surface area contributed by atoms with E-state index < -0.39 is 21.7 Å². The Kier molecular flexibility index (Phi) is 5.14. The molecule has 0 aromatic heterocycles. The molecule has 1 fully saturated rings.